The Kier molecular flexibility index (Phi) is 5.16. The number of halogens is 1. The van der Waals surface area contributed by atoms with E-state index in [1.807, 2.05) is 25.1 Å². The Morgan fingerprint density at radius 2 is 1.50 bits per heavy atom. The van der Waals surface area contributed by atoms with E-state index in [1.54, 1.807) is 42.5 Å². The molecule has 0 aliphatic rings. The molecule has 0 unspecified atom stereocenters. The van der Waals surface area contributed by atoms with Gasteiger partial charge in [0.2, 0.25) is 0 Å². The van der Waals surface area contributed by atoms with Gasteiger partial charge in [-0.25, -0.2) is 0 Å². The minimum absolute atomic E-state index is 0.367. The molecule has 0 bridgehead atoms. The molecule has 0 radical (unpaired) electrons. The van der Waals surface area contributed by atoms with Gasteiger partial charge in [0.15, 0.2) is 0 Å². The van der Waals surface area contributed by atoms with E-state index < -0.39 is 0 Å². The lowest BCUT2D eigenvalue weighted by molar-refractivity contribution is 0.0846. The van der Waals surface area contributed by atoms with Crippen molar-refractivity contribution < 1.29 is 9.59 Å². The molecule has 0 aromatic heterocycles. The first-order valence-electron chi connectivity index (χ1n) is 6.61. The summed E-state index contributed by atoms with van der Waals surface area (Å²) in [6.07, 6.45) is 0. The molecule has 114 valence electrons. The molecule has 2 aromatic rings. The maximum absolute atomic E-state index is 12.1. The second-order valence-electron chi connectivity index (χ2n) is 4.86. The van der Waals surface area contributed by atoms with E-state index in [9.17, 15) is 9.59 Å². The zero-order valence-corrected chi connectivity index (χ0v) is 13.8. The Hall–Kier alpha value is -2.34. The summed E-state index contributed by atoms with van der Waals surface area (Å²) < 4.78 is 0.883. The standard InChI is InChI=1S/C16H16BrN3O2/c1-20(2)14-5-3-4-12(10-14)16(22)19-18-15(21)11-6-8-13(17)9-7-11/h3-10H,1-2H3,(H,18,21)(H,19,22). The molecule has 0 aliphatic carbocycles. The first kappa shape index (κ1) is 16.0. The van der Waals surface area contributed by atoms with Gasteiger partial charge in [0, 0.05) is 35.4 Å². The number of carbonyl (C=O) groups excluding carboxylic acids is 2. The molecule has 2 aromatic carbocycles. The number of nitrogens with one attached hydrogen (secondary N) is 2. The number of hydrazine groups is 1. The van der Waals surface area contributed by atoms with E-state index in [2.05, 4.69) is 26.8 Å². The number of benzene rings is 2. The van der Waals surface area contributed by atoms with Crippen molar-refractivity contribution in [2.45, 2.75) is 0 Å². The quantitative estimate of drug-likeness (QED) is 0.826. The molecule has 2 amide bonds. The average molecular weight is 362 g/mol. The second kappa shape index (κ2) is 7.09. The molecule has 0 fully saturated rings. The molecule has 0 saturated heterocycles. The minimum Gasteiger partial charge on any atom is -0.378 e. The normalized spacial score (nSPS) is 9.95. The summed E-state index contributed by atoms with van der Waals surface area (Å²) in [7, 11) is 3.79. The first-order valence-corrected chi connectivity index (χ1v) is 7.40. The fourth-order valence-corrected chi connectivity index (χ4v) is 2.05. The van der Waals surface area contributed by atoms with E-state index in [-0.39, 0.29) is 11.8 Å². The SMILES string of the molecule is CN(C)c1cccc(C(=O)NNC(=O)c2ccc(Br)cc2)c1. The van der Waals surface area contributed by atoms with E-state index in [1.165, 1.54) is 0 Å². The van der Waals surface area contributed by atoms with Gasteiger partial charge in [-0.15, -0.1) is 0 Å². The zero-order valence-electron chi connectivity index (χ0n) is 12.3. The monoisotopic (exact) mass is 361 g/mol. The van der Waals surface area contributed by atoms with Gasteiger partial charge in [-0.2, -0.15) is 0 Å². The molecule has 0 heterocycles. The van der Waals surface area contributed by atoms with E-state index in [0.717, 1.165) is 10.2 Å². The predicted octanol–water partition coefficient (Wildman–Crippen LogP) is 2.59. The van der Waals surface area contributed by atoms with Crippen LogP contribution < -0.4 is 15.8 Å². The van der Waals surface area contributed by atoms with Crippen molar-refractivity contribution in [3.63, 3.8) is 0 Å². The highest BCUT2D eigenvalue weighted by Crippen LogP contribution is 2.13. The van der Waals surface area contributed by atoms with Gasteiger partial charge in [-0.1, -0.05) is 22.0 Å². The number of rotatable bonds is 3. The van der Waals surface area contributed by atoms with Gasteiger partial charge in [0.25, 0.3) is 11.8 Å². The molecule has 2 rings (SSSR count). The molecule has 0 atom stereocenters. The fourth-order valence-electron chi connectivity index (χ4n) is 1.78. The van der Waals surface area contributed by atoms with Crippen molar-refractivity contribution in [2.24, 2.45) is 0 Å². The summed E-state index contributed by atoms with van der Waals surface area (Å²) in [5.74, 6) is -0.737. The smallest absolute Gasteiger partial charge is 0.269 e. The molecule has 6 heteroatoms. The highest BCUT2D eigenvalue weighted by atomic mass is 79.9. The number of amides is 2. The minimum atomic E-state index is -0.371. The van der Waals surface area contributed by atoms with Gasteiger partial charge < -0.3 is 4.90 Å². The van der Waals surface area contributed by atoms with Crippen molar-refractivity contribution in [3.8, 4) is 0 Å². The van der Waals surface area contributed by atoms with Crippen LogP contribution in [0.1, 0.15) is 20.7 Å². The van der Waals surface area contributed by atoms with Crippen LogP contribution in [0.5, 0.6) is 0 Å². The van der Waals surface area contributed by atoms with Gasteiger partial charge in [0.1, 0.15) is 0 Å². The highest BCUT2D eigenvalue weighted by molar-refractivity contribution is 9.10. The number of hydrogen-bond acceptors (Lipinski definition) is 3. The molecule has 0 aliphatic heterocycles. The average Bonchev–Trinajstić information content (AvgIpc) is 2.53. The number of hydrogen-bond donors (Lipinski definition) is 2. The maximum Gasteiger partial charge on any atom is 0.269 e. The van der Waals surface area contributed by atoms with Crippen molar-refractivity contribution in [3.05, 3.63) is 64.1 Å². The third-order valence-corrected chi connectivity index (χ3v) is 3.55. The first-order chi connectivity index (χ1) is 10.5. The van der Waals surface area contributed by atoms with Gasteiger partial charge in [-0.05, 0) is 42.5 Å². The Morgan fingerprint density at radius 1 is 0.909 bits per heavy atom. The summed E-state index contributed by atoms with van der Waals surface area (Å²) in [5.41, 5.74) is 6.65. The molecule has 0 spiro atoms. The predicted molar refractivity (Wildman–Crippen MR) is 89.8 cm³/mol. The molecular formula is C16H16BrN3O2. The van der Waals surface area contributed by atoms with E-state index >= 15 is 0 Å². The van der Waals surface area contributed by atoms with E-state index in [0.29, 0.717) is 11.1 Å². The van der Waals surface area contributed by atoms with E-state index in [4.69, 9.17) is 0 Å². The van der Waals surface area contributed by atoms with Crippen LogP contribution in [0, 0.1) is 0 Å². The Morgan fingerprint density at radius 3 is 2.09 bits per heavy atom. The summed E-state index contributed by atoms with van der Waals surface area (Å²) in [5, 5.41) is 0. The van der Waals surface area contributed by atoms with Crippen LogP contribution in [0.4, 0.5) is 5.69 Å². The number of anilines is 1. The topological polar surface area (TPSA) is 61.4 Å². The Bertz CT molecular complexity index is 684. The number of nitrogens with zero attached hydrogens (tertiary/aromatic N) is 1. The third-order valence-electron chi connectivity index (χ3n) is 3.02. The van der Waals surface area contributed by atoms with Crippen molar-refractivity contribution in [1.29, 1.82) is 0 Å². The lowest BCUT2D eigenvalue weighted by Gasteiger charge is -2.13. The van der Waals surface area contributed by atoms with Crippen molar-refractivity contribution >= 4 is 33.4 Å². The van der Waals surface area contributed by atoms with Crippen LogP contribution >= 0.6 is 15.9 Å². The maximum atomic E-state index is 12.1. The molecule has 22 heavy (non-hydrogen) atoms. The molecular weight excluding hydrogens is 346 g/mol. The Balaban J connectivity index is 1.99. The largest absolute Gasteiger partial charge is 0.378 e. The third kappa shape index (κ3) is 4.08. The molecule has 5 nitrogen and oxygen atoms in total. The van der Waals surface area contributed by atoms with Crippen LogP contribution in [-0.2, 0) is 0 Å². The summed E-state index contributed by atoms with van der Waals surface area (Å²) in [4.78, 5) is 25.9. The summed E-state index contributed by atoms with van der Waals surface area (Å²) in [6.45, 7) is 0. The van der Waals surface area contributed by atoms with Crippen molar-refractivity contribution in [1.82, 2.24) is 10.9 Å². The zero-order chi connectivity index (χ0) is 16.1. The molecule has 0 saturated carbocycles. The fraction of sp³-hybridized carbons (Fsp3) is 0.125. The van der Waals surface area contributed by atoms with Crippen LogP contribution in [0.3, 0.4) is 0 Å². The Labute approximate surface area is 137 Å². The van der Waals surface area contributed by atoms with Crippen LogP contribution in [0.2, 0.25) is 0 Å². The lowest BCUT2D eigenvalue weighted by atomic mass is 10.2. The lowest BCUT2D eigenvalue weighted by Crippen LogP contribution is -2.41. The van der Waals surface area contributed by atoms with Crippen LogP contribution in [-0.4, -0.2) is 25.9 Å². The van der Waals surface area contributed by atoms with Gasteiger partial charge in [-0.3, -0.25) is 20.4 Å². The van der Waals surface area contributed by atoms with Crippen molar-refractivity contribution in [2.75, 3.05) is 19.0 Å². The van der Waals surface area contributed by atoms with Gasteiger partial charge in [0.05, 0.1) is 0 Å². The van der Waals surface area contributed by atoms with Crippen LogP contribution in [0.15, 0.2) is 53.0 Å². The van der Waals surface area contributed by atoms with Crippen LogP contribution in [0.25, 0.3) is 0 Å². The highest BCUT2D eigenvalue weighted by Gasteiger charge is 2.09. The summed E-state index contributed by atoms with van der Waals surface area (Å²) >= 11 is 3.30. The number of carbonyl (C=O) groups is 2. The second-order valence-corrected chi connectivity index (χ2v) is 5.78. The molecule has 2 N–H and O–H groups in total. The summed E-state index contributed by atoms with van der Waals surface area (Å²) in [6, 6.07) is 14.0. The van der Waals surface area contributed by atoms with Gasteiger partial charge >= 0.3 is 0 Å².